The van der Waals surface area contributed by atoms with Crippen LogP contribution in [0.5, 0.6) is 5.75 Å². The Morgan fingerprint density at radius 2 is 1.82 bits per heavy atom. The lowest BCUT2D eigenvalue weighted by atomic mass is 9.98. The molecule has 2 heterocycles. The maximum Gasteiger partial charge on any atom is 0.475 e. The number of halogens is 3. The molecule has 2 aromatic carbocycles. The second-order valence-corrected chi connectivity index (χ2v) is 8.63. The first-order valence-electron chi connectivity index (χ1n) is 8.51. The summed E-state index contributed by atoms with van der Waals surface area (Å²) in [5.74, 6) is 0.113. The normalized spacial score (nSPS) is 18.8. The Morgan fingerprint density at radius 3 is 2.50 bits per heavy atom. The summed E-state index contributed by atoms with van der Waals surface area (Å²) in [6.07, 6.45) is 1.71. The number of benzene rings is 2. The van der Waals surface area contributed by atoms with Gasteiger partial charge in [-0.05, 0) is 49.8 Å². The SMILES string of the molecule is CC1(C)C=C(N2Cc3ccccc3C2=O)c2cc(S(=O)C(F)(F)F)ccc2O1. The molecule has 4 nitrogen and oxygen atoms in total. The molecule has 2 aliphatic heterocycles. The second kappa shape index (κ2) is 6.20. The van der Waals surface area contributed by atoms with Gasteiger partial charge in [0.2, 0.25) is 0 Å². The van der Waals surface area contributed by atoms with Gasteiger partial charge in [-0.2, -0.15) is 13.2 Å². The largest absolute Gasteiger partial charge is 0.483 e. The van der Waals surface area contributed by atoms with Crippen LogP contribution in [0.2, 0.25) is 0 Å². The molecule has 28 heavy (non-hydrogen) atoms. The fraction of sp³-hybridized carbons (Fsp3) is 0.250. The van der Waals surface area contributed by atoms with E-state index < -0.39 is 21.9 Å². The van der Waals surface area contributed by atoms with Crippen LogP contribution in [-0.2, 0) is 17.3 Å². The summed E-state index contributed by atoms with van der Waals surface area (Å²) < 4.78 is 56.4. The number of carbonyl (C=O) groups excluding carboxylic acids is 1. The van der Waals surface area contributed by atoms with E-state index in [1.165, 1.54) is 17.0 Å². The summed E-state index contributed by atoms with van der Waals surface area (Å²) in [7, 11) is -3.17. The minimum atomic E-state index is -4.87. The summed E-state index contributed by atoms with van der Waals surface area (Å²) in [5, 5.41) is 0. The number of fused-ring (bicyclic) bond motifs is 2. The van der Waals surface area contributed by atoms with Gasteiger partial charge in [-0.15, -0.1) is 0 Å². The lowest BCUT2D eigenvalue weighted by Crippen LogP contribution is -2.34. The summed E-state index contributed by atoms with van der Waals surface area (Å²) in [6.45, 7) is 3.90. The third-order valence-corrected chi connectivity index (χ3v) is 5.72. The number of alkyl halides is 3. The van der Waals surface area contributed by atoms with E-state index in [-0.39, 0.29) is 10.8 Å². The molecule has 8 heteroatoms. The zero-order valence-corrected chi connectivity index (χ0v) is 15.9. The number of amides is 1. The first-order chi connectivity index (χ1) is 13.1. The molecule has 0 saturated carbocycles. The van der Waals surface area contributed by atoms with Gasteiger partial charge >= 0.3 is 5.51 Å². The van der Waals surface area contributed by atoms with E-state index in [1.54, 1.807) is 32.1 Å². The minimum absolute atomic E-state index is 0.229. The van der Waals surface area contributed by atoms with Crippen molar-refractivity contribution in [2.75, 3.05) is 0 Å². The van der Waals surface area contributed by atoms with Gasteiger partial charge in [0.05, 0.1) is 12.2 Å². The van der Waals surface area contributed by atoms with Gasteiger partial charge < -0.3 is 9.64 Å². The molecule has 1 atom stereocenters. The number of ether oxygens (including phenoxy) is 1. The van der Waals surface area contributed by atoms with Crippen molar-refractivity contribution in [1.29, 1.82) is 0 Å². The van der Waals surface area contributed by atoms with Gasteiger partial charge in [0.1, 0.15) is 11.4 Å². The second-order valence-electron chi connectivity index (χ2n) is 7.16. The monoisotopic (exact) mass is 407 g/mol. The van der Waals surface area contributed by atoms with Crippen molar-refractivity contribution in [3.05, 3.63) is 65.2 Å². The lowest BCUT2D eigenvalue weighted by molar-refractivity contribution is -0.0384. The number of carbonyl (C=O) groups is 1. The van der Waals surface area contributed by atoms with E-state index in [0.29, 0.717) is 29.1 Å². The molecule has 0 aromatic heterocycles. The topological polar surface area (TPSA) is 46.6 Å². The molecule has 146 valence electrons. The number of hydrogen-bond acceptors (Lipinski definition) is 3. The third kappa shape index (κ3) is 3.11. The first kappa shape index (κ1) is 18.7. The fourth-order valence-corrected chi connectivity index (χ4v) is 4.12. The zero-order chi connectivity index (χ0) is 20.3. The Morgan fingerprint density at radius 1 is 1.11 bits per heavy atom. The Labute approximate surface area is 162 Å². The van der Waals surface area contributed by atoms with Crippen LogP contribution in [0.15, 0.2) is 53.4 Å². The highest BCUT2D eigenvalue weighted by Gasteiger charge is 2.40. The zero-order valence-electron chi connectivity index (χ0n) is 15.0. The quantitative estimate of drug-likeness (QED) is 0.737. The molecule has 0 saturated heterocycles. The molecule has 2 aromatic rings. The average Bonchev–Trinajstić information content (AvgIpc) is 2.95. The van der Waals surface area contributed by atoms with Crippen LogP contribution >= 0.6 is 0 Å². The van der Waals surface area contributed by atoms with E-state index in [0.717, 1.165) is 11.6 Å². The van der Waals surface area contributed by atoms with E-state index in [2.05, 4.69) is 0 Å². The Kier molecular flexibility index (Phi) is 4.15. The van der Waals surface area contributed by atoms with Crippen molar-refractivity contribution in [1.82, 2.24) is 4.90 Å². The van der Waals surface area contributed by atoms with Crippen LogP contribution in [-0.4, -0.2) is 26.1 Å². The molecule has 0 spiro atoms. The van der Waals surface area contributed by atoms with Crippen LogP contribution < -0.4 is 4.74 Å². The molecule has 0 N–H and O–H groups in total. The fourth-order valence-electron chi connectivity index (χ4n) is 3.44. The van der Waals surface area contributed by atoms with Gasteiger partial charge in [0.15, 0.2) is 10.8 Å². The van der Waals surface area contributed by atoms with E-state index in [4.69, 9.17) is 4.74 Å². The number of nitrogens with zero attached hydrogens (tertiary/aromatic N) is 1. The third-order valence-electron chi connectivity index (χ3n) is 4.62. The molecular weight excluding hydrogens is 391 g/mol. The smallest absolute Gasteiger partial charge is 0.475 e. The highest BCUT2D eigenvalue weighted by molar-refractivity contribution is 7.86. The average molecular weight is 407 g/mol. The van der Waals surface area contributed by atoms with Crippen molar-refractivity contribution in [2.24, 2.45) is 0 Å². The van der Waals surface area contributed by atoms with Crippen molar-refractivity contribution >= 4 is 22.4 Å². The van der Waals surface area contributed by atoms with Crippen molar-refractivity contribution < 1.29 is 26.9 Å². The molecule has 0 fully saturated rings. The highest BCUT2D eigenvalue weighted by Crippen LogP contribution is 2.42. The van der Waals surface area contributed by atoms with Crippen molar-refractivity contribution in [2.45, 2.75) is 36.4 Å². The van der Waals surface area contributed by atoms with Crippen LogP contribution in [0.25, 0.3) is 5.70 Å². The maximum atomic E-state index is 12.9. The maximum absolute atomic E-state index is 12.9. The summed E-state index contributed by atoms with van der Waals surface area (Å²) in [4.78, 5) is 14.0. The predicted molar refractivity (Wildman–Crippen MR) is 97.9 cm³/mol. The van der Waals surface area contributed by atoms with Gasteiger partial charge in [0.25, 0.3) is 5.91 Å². The van der Waals surface area contributed by atoms with Crippen LogP contribution in [0.3, 0.4) is 0 Å². The first-order valence-corrected chi connectivity index (χ1v) is 9.66. The minimum Gasteiger partial charge on any atom is -0.483 e. The number of rotatable bonds is 2. The Bertz CT molecular complexity index is 1040. The van der Waals surface area contributed by atoms with Gasteiger partial charge in [0, 0.05) is 16.0 Å². The van der Waals surface area contributed by atoms with Gasteiger partial charge in [-0.3, -0.25) is 4.79 Å². The lowest BCUT2D eigenvalue weighted by Gasteiger charge is -2.34. The van der Waals surface area contributed by atoms with Gasteiger partial charge in [-0.25, -0.2) is 4.21 Å². The van der Waals surface area contributed by atoms with E-state index >= 15 is 0 Å². The standard InChI is InChI=1S/C20H16F3NO3S/c1-19(2)10-16(24-11-12-5-3-4-6-14(12)18(24)25)15-9-13(7-8-17(15)27-19)28(26)20(21,22)23/h3-10H,11H2,1-2H3. The molecule has 1 unspecified atom stereocenters. The Hall–Kier alpha value is -2.61. The Balaban J connectivity index is 1.82. The summed E-state index contributed by atoms with van der Waals surface area (Å²) in [6, 6.07) is 10.9. The summed E-state index contributed by atoms with van der Waals surface area (Å²) in [5.41, 5.74) is -3.46. The highest BCUT2D eigenvalue weighted by atomic mass is 32.2. The summed E-state index contributed by atoms with van der Waals surface area (Å²) >= 11 is 0. The van der Waals surface area contributed by atoms with Crippen LogP contribution in [0.1, 0.15) is 35.3 Å². The molecule has 0 bridgehead atoms. The molecule has 0 radical (unpaired) electrons. The van der Waals surface area contributed by atoms with Crippen LogP contribution in [0.4, 0.5) is 13.2 Å². The molecule has 2 aliphatic rings. The molecule has 1 amide bonds. The predicted octanol–water partition coefficient (Wildman–Crippen LogP) is 4.48. The van der Waals surface area contributed by atoms with Crippen molar-refractivity contribution in [3.63, 3.8) is 0 Å². The van der Waals surface area contributed by atoms with Crippen LogP contribution in [0, 0.1) is 0 Å². The van der Waals surface area contributed by atoms with Crippen molar-refractivity contribution in [3.8, 4) is 5.75 Å². The van der Waals surface area contributed by atoms with E-state index in [1.807, 2.05) is 12.1 Å². The molecule has 0 aliphatic carbocycles. The molecule has 4 rings (SSSR count). The van der Waals surface area contributed by atoms with E-state index in [9.17, 15) is 22.2 Å². The number of hydrogen-bond donors (Lipinski definition) is 0. The van der Waals surface area contributed by atoms with Gasteiger partial charge in [-0.1, -0.05) is 18.2 Å². The molecular formula is C20H16F3NO3S.